The molecule has 3 N–H and O–H groups in total. The number of hydrogen-bond donors (Lipinski definition) is 2. The monoisotopic (exact) mass is 247 g/mol. The molecule has 2 rings (SSSR count). The average molecular weight is 247 g/mol. The van der Waals surface area contributed by atoms with Crippen LogP contribution >= 0.6 is 0 Å². The van der Waals surface area contributed by atoms with Crippen LogP contribution in [0.2, 0.25) is 0 Å². The Balaban J connectivity index is 2.62. The standard InChI is InChI=1S/C16H25NO/c1-5-12-6-7-13(10(2)3)14(15(12)18)16(8-9-16)11(4)17/h6-7,10-11,18H,5,8-9,17H2,1-4H3. The third-order valence-electron chi connectivity index (χ3n) is 4.45. The van der Waals surface area contributed by atoms with Gasteiger partial charge >= 0.3 is 0 Å². The Bertz CT molecular complexity index is 445. The summed E-state index contributed by atoms with van der Waals surface area (Å²) < 4.78 is 0. The van der Waals surface area contributed by atoms with Crippen molar-refractivity contribution < 1.29 is 5.11 Å². The van der Waals surface area contributed by atoms with Crippen molar-refractivity contribution in [2.75, 3.05) is 0 Å². The maximum Gasteiger partial charge on any atom is 0.122 e. The van der Waals surface area contributed by atoms with Crippen molar-refractivity contribution in [2.45, 2.75) is 64.3 Å². The predicted molar refractivity (Wildman–Crippen MR) is 76.1 cm³/mol. The topological polar surface area (TPSA) is 46.2 Å². The molecular formula is C16H25NO. The first kappa shape index (κ1) is 13.4. The number of aryl methyl sites for hydroxylation is 1. The zero-order chi connectivity index (χ0) is 13.5. The molecule has 0 heterocycles. The van der Waals surface area contributed by atoms with E-state index in [2.05, 4.69) is 39.8 Å². The van der Waals surface area contributed by atoms with E-state index in [0.717, 1.165) is 30.4 Å². The predicted octanol–water partition coefficient (Wildman–Crippen LogP) is 3.46. The van der Waals surface area contributed by atoms with Gasteiger partial charge in [-0.3, -0.25) is 0 Å². The van der Waals surface area contributed by atoms with E-state index in [-0.39, 0.29) is 11.5 Å². The molecule has 0 spiro atoms. The van der Waals surface area contributed by atoms with Crippen LogP contribution in [0, 0.1) is 0 Å². The molecule has 0 saturated heterocycles. The fraction of sp³-hybridized carbons (Fsp3) is 0.625. The molecule has 0 amide bonds. The van der Waals surface area contributed by atoms with Crippen LogP contribution in [0.5, 0.6) is 5.75 Å². The van der Waals surface area contributed by atoms with E-state index < -0.39 is 0 Å². The highest BCUT2D eigenvalue weighted by Gasteiger charge is 2.50. The Hall–Kier alpha value is -1.02. The molecule has 0 bridgehead atoms. The second kappa shape index (κ2) is 4.58. The third kappa shape index (κ3) is 1.93. The maximum absolute atomic E-state index is 10.6. The molecule has 2 heteroatoms. The van der Waals surface area contributed by atoms with Crippen LogP contribution in [0.3, 0.4) is 0 Å². The maximum atomic E-state index is 10.6. The number of nitrogens with two attached hydrogens (primary N) is 1. The zero-order valence-corrected chi connectivity index (χ0v) is 12.0. The van der Waals surface area contributed by atoms with Crippen LogP contribution < -0.4 is 5.73 Å². The molecule has 1 unspecified atom stereocenters. The lowest BCUT2D eigenvalue weighted by molar-refractivity contribution is 0.437. The van der Waals surface area contributed by atoms with Gasteiger partial charge < -0.3 is 10.8 Å². The number of phenols is 1. The van der Waals surface area contributed by atoms with Gasteiger partial charge in [0, 0.05) is 17.0 Å². The smallest absolute Gasteiger partial charge is 0.122 e. The summed E-state index contributed by atoms with van der Waals surface area (Å²) in [4.78, 5) is 0. The van der Waals surface area contributed by atoms with Gasteiger partial charge in [-0.2, -0.15) is 0 Å². The molecule has 18 heavy (non-hydrogen) atoms. The Labute approximate surface area is 110 Å². The van der Waals surface area contributed by atoms with Crippen molar-refractivity contribution in [1.82, 2.24) is 0 Å². The van der Waals surface area contributed by atoms with Gasteiger partial charge in [0.1, 0.15) is 5.75 Å². The highest BCUT2D eigenvalue weighted by atomic mass is 16.3. The fourth-order valence-corrected chi connectivity index (χ4v) is 3.01. The molecule has 1 aliphatic carbocycles. The molecule has 100 valence electrons. The number of hydrogen-bond acceptors (Lipinski definition) is 2. The average Bonchev–Trinajstić information content (AvgIpc) is 3.09. The number of aromatic hydroxyl groups is 1. The van der Waals surface area contributed by atoms with E-state index in [1.165, 1.54) is 5.56 Å². The second-order valence-corrected chi connectivity index (χ2v) is 5.99. The van der Waals surface area contributed by atoms with Crippen molar-refractivity contribution in [3.05, 3.63) is 28.8 Å². The molecule has 0 aliphatic heterocycles. The Kier molecular flexibility index (Phi) is 3.41. The van der Waals surface area contributed by atoms with Crippen LogP contribution in [-0.2, 0) is 11.8 Å². The van der Waals surface area contributed by atoms with E-state index in [9.17, 15) is 5.11 Å². The summed E-state index contributed by atoms with van der Waals surface area (Å²) in [6.07, 6.45) is 3.07. The van der Waals surface area contributed by atoms with Gasteiger partial charge in [-0.1, -0.05) is 32.9 Å². The third-order valence-corrected chi connectivity index (χ3v) is 4.45. The molecule has 0 aromatic heterocycles. The Morgan fingerprint density at radius 1 is 1.28 bits per heavy atom. The van der Waals surface area contributed by atoms with Crippen molar-refractivity contribution in [3.63, 3.8) is 0 Å². The highest BCUT2D eigenvalue weighted by molar-refractivity contribution is 5.54. The van der Waals surface area contributed by atoms with Crippen molar-refractivity contribution in [2.24, 2.45) is 5.73 Å². The minimum atomic E-state index is 0.0227. The molecule has 1 saturated carbocycles. The molecule has 1 aliphatic rings. The molecule has 1 fully saturated rings. The summed E-state index contributed by atoms with van der Waals surface area (Å²) in [6, 6.07) is 4.35. The van der Waals surface area contributed by atoms with Gasteiger partial charge in [0.05, 0.1) is 0 Å². The highest BCUT2D eigenvalue weighted by Crippen LogP contribution is 2.55. The van der Waals surface area contributed by atoms with Crippen LogP contribution in [0.4, 0.5) is 0 Å². The summed E-state index contributed by atoms with van der Waals surface area (Å²) >= 11 is 0. The van der Waals surface area contributed by atoms with Crippen molar-refractivity contribution in [1.29, 1.82) is 0 Å². The summed E-state index contributed by atoms with van der Waals surface area (Å²) in [5.74, 6) is 0.923. The van der Waals surface area contributed by atoms with Gasteiger partial charge in [-0.15, -0.1) is 0 Å². The van der Waals surface area contributed by atoms with Crippen LogP contribution in [0.15, 0.2) is 12.1 Å². The first-order chi connectivity index (χ1) is 8.44. The van der Waals surface area contributed by atoms with Gasteiger partial charge in [0.25, 0.3) is 0 Å². The van der Waals surface area contributed by atoms with E-state index in [1.807, 2.05) is 0 Å². The fourth-order valence-electron chi connectivity index (χ4n) is 3.01. The largest absolute Gasteiger partial charge is 0.507 e. The van der Waals surface area contributed by atoms with E-state index in [1.54, 1.807) is 0 Å². The van der Waals surface area contributed by atoms with Gasteiger partial charge in [0.15, 0.2) is 0 Å². The minimum absolute atomic E-state index is 0.0227. The van der Waals surface area contributed by atoms with Crippen LogP contribution in [0.25, 0.3) is 0 Å². The minimum Gasteiger partial charge on any atom is -0.507 e. The molecule has 1 aromatic carbocycles. The van der Waals surface area contributed by atoms with E-state index in [0.29, 0.717) is 11.7 Å². The molecule has 1 atom stereocenters. The van der Waals surface area contributed by atoms with Gasteiger partial charge in [0.2, 0.25) is 0 Å². The number of phenolic OH excluding ortho intramolecular Hbond substituents is 1. The lowest BCUT2D eigenvalue weighted by Crippen LogP contribution is -2.32. The van der Waals surface area contributed by atoms with Crippen molar-refractivity contribution in [3.8, 4) is 5.75 Å². The molecule has 0 radical (unpaired) electrons. The van der Waals surface area contributed by atoms with Gasteiger partial charge in [-0.25, -0.2) is 0 Å². The lowest BCUT2D eigenvalue weighted by atomic mass is 9.80. The normalized spacial score (nSPS) is 19.0. The summed E-state index contributed by atoms with van der Waals surface area (Å²) in [5.41, 5.74) is 9.64. The number of rotatable bonds is 4. The molecular weight excluding hydrogens is 222 g/mol. The lowest BCUT2D eigenvalue weighted by Gasteiger charge is -2.27. The SMILES string of the molecule is CCc1ccc(C(C)C)c(C2(C(C)N)CC2)c1O. The first-order valence-electron chi connectivity index (χ1n) is 7.04. The first-order valence-corrected chi connectivity index (χ1v) is 7.04. The van der Waals surface area contributed by atoms with Crippen LogP contribution in [0.1, 0.15) is 63.1 Å². The Morgan fingerprint density at radius 2 is 1.89 bits per heavy atom. The summed E-state index contributed by atoms with van der Waals surface area (Å²) in [5, 5.41) is 10.6. The zero-order valence-electron chi connectivity index (χ0n) is 12.0. The summed E-state index contributed by atoms with van der Waals surface area (Å²) in [6.45, 7) is 8.51. The Morgan fingerprint density at radius 3 is 2.28 bits per heavy atom. The molecule has 1 aromatic rings. The molecule has 2 nitrogen and oxygen atoms in total. The van der Waals surface area contributed by atoms with Gasteiger partial charge in [-0.05, 0) is 43.2 Å². The second-order valence-electron chi connectivity index (χ2n) is 5.99. The quantitative estimate of drug-likeness (QED) is 0.856. The van der Waals surface area contributed by atoms with Crippen molar-refractivity contribution >= 4 is 0 Å². The summed E-state index contributed by atoms with van der Waals surface area (Å²) in [7, 11) is 0. The van der Waals surface area contributed by atoms with E-state index >= 15 is 0 Å². The number of benzene rings is 1. The van der Waals surface area contributed by atoms with E-state index in [4.69, 9.17) is 5.73 Å². The van der Waals surface area contributed by atoms with Crippen LogP contribution in [-0.4, -0.2) is 11.1 Å².